The average Bonchev–Trinajstić information content (AvgIpc) is 2.55. The molecule has 136 valence electrons. The minimum Gasteiger partial charge on any atom is -0.394 e. The largest absolute Gasteiger partial charge is 0.394 e. The molecule has 9 atom stereocenters. The summed E-state index contributed by atoms with van der Waals surface area (Å²) in [4.78, 5) is 0. The van der Waals surface area contributed by atoms with Crippen LogP contribution in [0.1, 0.15) is 0 Å². The molecular weight excluding hydrogens is 320 g/mol. The first-order valence-corrected chi connectivity index (χ1v) is 7.04. The van der Waals surface area contributed by atoms with Gasteiger partial charge in [-0.05, 0) is 0 Å². The highest BCUT2D eigenvalue weighted by molar-refractivity contribution is 4.95. The van der Waals surface area contributed by atoms with E-state index in [-0.39, 0.29) is 0 Å². The molecule has 2 fully saturated rings. The zero-order valence-corrected chi connectivity index (χ0v) is 12.0. The summed E-state index contributed by atoms with van der Waals surface area (Å²) in [6.45, 7) is -2.15. The number of ether oxygens (including phenoxy) is 3. The molecule has 11 heteroatoms. The third-order valence-electron chi connectivity index (χ3n) is 4.01. The van der Waals surface area contributed by atoms with Crippen LogP contribution in [0.15, 0.2) is 0 Å². The molecule has 0 unspecified atom stereocenters. The molecule has 0 aromatic heterocycles. The Hall–Kier alpha value is -0.440. The lowest BCUT2D eigenvalue weighted by Crippen LogP contribution is -2.67. The van der Waals surface area contributed by atoms with Gasteiger partial charge in [0, 0.05) is 0 Å². The van der Waals surface area contributed by atoms with Crippen molar-refractivity contribution < 1.29 is 55.1 Å². The van der Waals surface area contributed by atoms with Crippen molar-refractivity contribution in [3.05, 3.63) is 0 Å². The minimum absolute atomic E-state index is 0.466. The summed E-state index contributed by atoms with van der Waals surface area (Å²) in [5.41, 5.74) is 0. The Morgan fingerprint density at radius 2 is 1.61 bits per heavy atom. The Kier molecular flexibility index (Phi) is 5.92. The zero-order valence-electron chi connectivity index (χ0n) is 12.0. The second-order valence-electron chi connectivity index (χ2n) is 5.63. The molecule has 8 N–H and O–H groups in total. The quantitative estimate of drug-likeness (QED) is 0.243. The maximum absolute atomic E-state index is 10.1. The number of aliphatic hydroxyl groups is 8. The summed E-state index contributed by atoms with van der Waals surface area (Å²) in [5.74, 6) is -2.38. The monoisotopic (exact) mass is 342 g/mol. The molecule has 0 bridgehead atoms. The molecule has 0 spiro atoms. The third kappa shape index (κ3) is 3.50. The first-order chi connectivity index (χ1) is 10.7. The van der Waals surface area contributed by atoms with Gasteiger partial charge in [-0.15, -0.1) is 0 Å². The van der Waals surface area contributed by atoms with Crippen LogP contribution in [0.3, 0.4) is 0 Å². The lowest BCUT2D eigenvalue weighted by Gasteiger charge is -2.47. The standard InChI is InChI=1S/C12H22O11/c13-1-5-7(17)8(18)9(19)11(22-5)23-10-6(16)4(15)2-21-12(10,20)3-14/h4-11,13-20H,1-3H2/t4-,5-,6-,7+,8+,9+,10-,11+,12-/m0/s1. The van der Waals surface area contributed by atoms with E-state index < -0.39 is 74.6 Å². The van der Waals surface area contributed by atoms with E-state index in [2.05, 4.69) is 0 Å². The highest BCUT2D eigenvalue weighted by Crippen LogP contribution is 2.30. The van der Waals surface area contributed by atoms with E-state index >= 15 is 0 Å². The van der Waals surface area contributed by atoms with Crippen LogP contribution in [0.2, 0.25) is 0 Å². The van der Waals surface area contributed by atoms with Gasteiger partial charge in [0.25, 0.3) is 0 Å². The van der Waals surface area contributed by atoms with Gasteiger partial charge in [0.15, 0.2) is 6.29 Å². The van der Waals surface area contributed by atoms with Crippen molar-refractivity contribution in [1.29, 1.82) is 0 Å². The Morgan fingerprint density at radius 3 is 2.17 bits per heavy atom. The smallest absolute Gasteiger partial charge is 0.219 e. The number of aliphatic hydroxyl groups excluding tert-OH is 7. The summed E-state index contributed by atoms with van der Waals surface area (Å²) in [7, 11) is 0. The molecule has 0 saturated carbocycles. The van der Waals surface area contributed by atoms with Crippen molar-refractivity contribution in [1.82, 2.24) is 0 Å². The molecule has 0 aromatic carbocycles. The van der Waals surface area contributed by atoms with Crippen LogP contribution >= 0.6 is 0 Å². The van der Waals surface area contributed by atoms with Gasteiger partial charge in [-0.2, -0.15) is 0 Å². The second-order valence-corrected chi connectivity index (χ2v) is 5.63. The third-order valence-corrected chi connectivity index (χ3v) is 4.01. The molecule has 0 aromatic rings. The lowest BCUT2D eigenvalue weighted by molar-refractivity contribution is -0.387. The van der Waals surface area contributed by atoms with Gasteiger partial charge in [-0.25, -0.2) is 0 Å². The molecule has 2 saturated heterocycles. The predicted molar refractivity (Wildman–Crippen MR) is 68.6 cm³/mol. The summed E-state index contributed by atoms with van der Waals surface area (Å²) in [6.07, 6.45) is -12.9. The van der Waals surface area contributed by atoms with E-state index in [9.17, 15) is 35.7 Å². The molecule has 0 amide bonds. The molecule has 11 nitrogen and oxygen atoms in total. The summed E-state index contributed by atoms with van der Waals surface area (Å²) in [6, 6.07) is 0. The van der Waals surface area contributed by atoms with E-state index in [4.69, 9.17) is 19.3 Å². The molecule has 23 heavy (non-hydrogen) atoms. The molecule has 0 radical (unpaired) electrons. The van der Waals surface area contributed by atoms with E-state index in [1.807, 2.05) is 0 Å². The van der Waals surface area contributed by atoms with Crippen LogP contribution in [0.5, 0.6) is 0 Å². The highest BCUT2D eigenvalue weighted by Gasteiger charge is 2.53. The fraction of sp³-hybridized carbons (Fsp3) is 1.00. The van der Waals surface area contributed by atoms with Crippen molar-refractivity contribution in [3.63, 3.8) is 0 Å². The Bertz CT molecular complexity index is 393. The van der Waals surface area contributed by atoms with Gasteiger partial charge in [-0.1, -0.05) is 0 Å². The molecular formula is C12H22O11. The van der Waals surface area contributed by atoms with Gasteiger partial charge in [0.1, 0.15) is 42.7 Å². The van der Waals surface area contributed by atoms with Crippen LogP contribution in [0, 0.1) is 0 Å². The molecule has 2 rings (SSSR count). The maximum atomic E-state index is 10.1. The van der Waals surface area contributed by atoms with Crippen LogP contribution < -0.4 is 0 Å². The fourth-order valence-electron chi connectivity index (χ4n) is 2.53. The van der Waals surface area contributed by atoms with Gasteiger partial charge in [-0.3, -0.25) is 0 Å². The number of rotatable bonds is 4. The highest BCUT2D eigenvalue weighted by atomic mass is 16.7. The summed E-state index contributed by atoms with van der Waals surface area (Å²) < 4.78 is 15.1. The Morgan fingerprint density at radius 1 is 0.957 bits per heavy atom. The van der Waals surface area contributed by atoms with Crippen molar-refractivity contribution in [2.75, 3.05) is 19.8 Å². The van der Waals surface area contributed by atoms with Gasteiger partial charge in [0.2, 0.25) is 5.79 Å². The van der Waals surface area contributed by atoms with Crippen LogP contribution in [0.25, 0.3) is 0 Å². The Labute approximate surface area is 130 Å². The van der Waals surface area contributed by atoms with E-state index in [0.717, 1.165) is 0 Å². The second kappa shape index (κ2) is 7.21. The zero-order chi connectivity index (χ0) is 17.4. The predicted octanol–water partition coefficient (Wildman–Crippen LogP) is -5.40. The lowest BCUT2D eigenvalue weighted by atomic mass is 9.96. The first-order valence-electron chi connectivity index (χ1n) is 7.04. The van der Waals surface area contributed by atoms with Crippen LogP contribution in [-0.4, -0.2) is 115 Å². The number of hydrogen-bond acceptors (Lipinski definition) is 11. The van der Waals surface area contributed by atoms with E-state index in [1.54, 1.807) is 0 Å². The fourth-order valence-corrected chi connectivity index (χ4v) is 2.53. The molecule has 2 aliphatic rings. The van der Waals surface area contributed by atoms with Crippen molar-refractivity contribution in [3.8, 4) is 0 Å². The van der Waals surface area contributed by atoms with Crippen molar-refractivity contribution in [2.24, 2.45) is 0 Å². The SMILES string of the molecule is OC[C@@H]1O[C@H](O[C@H]2[C@@H](O)[C@@H](O)CO[C@@]2(O)CO)[C@H](O)[C@H](O)[C@@H]1O. The van der Waals surface area contributed by atoms with Gasteiger partial charge >= 0.3 is 0 Å². The minimum atomic E-state index is -2.38. The average molecular weight is 342 g/mol. The number of hydrogen-bond donors (Lipinski definition) is 8. The van der Waals surface area contributed by atoms with Gasteiger partial charge < -0.3 is 55.1 Å². The summed E-state index contributed by atoms with van der Waals surface area (Å²) in [5, 5.41) is 77.2. The van der Waals surface area contributed by atoms with Crippen LogP contribution in [0.4, 0.5) is 0 Å². The normalized spacial score (nSPS) is 51.7. The molecule has 2 aliphatic heterocycles. The molecule has 0 aliphatic carbocycles. The molecule has 2 heterocycles. The van der Waals surface area contributed by atoms with Crippen LogP contribution in [-0.2, 0) is 14.2 Å². The van der Waals surface area contributed by atoms with Gasteiger partial charge in [0.05, 0.1) is 19.8 Å². The van der Waals surface area contributed by atoms with Crippen molar-refractivity contribution >= 4 is 0 Å². The van der Waals surface area contributed by atoms with Crippen molar-refractivity contribution in [2.45, 2.75) is 54.8 Å². The first kappa shape index (κ1) is 18.9. The topological polar surface area (TPSA) is 190 Å². The van der Waals surface area contributed by atoms with E-state index in [1.165, 1.54) is 0 Å². The summed E-state index contributed by atoms with van der Waals surface area (Å²) >= 11 is 0. The maximum Gasteiger partial charge on any atom is 0.219 e. The van der Waals surface area contributed by atoms with E-state index in [0.29, 0.717) is 0 Å². The Balaban J connectivity index is 2.17.